The summed E-state index contributed by atoms with van der Waals surface area (Å²) in [5.74, 6) is 0. The number of nitrogens with zero attached hydrogens (tertiary/aromatic N) is 1. The molecular weight excluding hydrogens is 150 g/mol. The van der Waals surface area contributed by atoms with Crippen LogP contribution in [0.3, 0.4) is 0 Å². The standard InChI is InChI=1S/C10H22N.H2O/c1-3-8-11(4-2)9-6-5-7-10-11;/h3-10H2,1-2H3;1H2/q+1;/p-1. The van der Waals surface area contributed by atoms with E-state index >= 15 is 0 Å². The first kappa shape index (κ1) is 11.9. The van der Waals surface area contributed by atoms with Crippen molar-refractivity contribution in [2.45, 2.75) is 39.5 Å². The summed E-state index contributed by atoms with van der Waals surface area (Å²) in [5.41, 5.74) is 0. The maximum Gasteiger partial charge on any atom is 0.0786 e. The Kier molecular flexibility index (Phi) is 5.51. The molecule has 1 heterocycles. The molecule has 74 valence electrons. The molecule has 0 aromatic rings. The molecule has 2 heteroatoms. The minimum Gasteiger partial charge on any atom is -0.870 e. The largest absolute Gasteiger partial charge is 0.870 e. The summed E-state index contributed by atoms with van der Waals surface area (Å²) in [6.07, 6.45) is 5.76. The van der Waals surface area contributed by atoms with Gasteiger partial charge in [0.2, 0.25) is 0 Å². The fourth-order valence-corrected chi connectivity index (χ4v) is 2.36. The average molecular weight is 173 g/mol. The van der Waals surface area contributed by atoms with E-state index < -0.39 is 0 Å². The van der Waals surface area contributed by atoms with Crippen LogP contribution >= 0.6 is 0 Å². The third kappa shape index (κ3) is 2.76. The van der Waals surface area contributed by atoms with Gasteiger partial charge in [0.15, 0.2) is 0 Å². The van der Waals surface area contributed by atoms with Gasteiger partial charge in [-0.1, -0.05) is 6.92 Å². The van der Waals surface area contributed by atoms with Gasteiger partial charge in [0.05, 0.1) is 26.2 Å². The average Bonchev–Trinajstić information content (AvgIpc) is 2.07. The highest BCUT2D eigenvalue weighted by Crippen LogP contribution is 2.18. The summed E-state index contributed by atoms with van der Waals surface area (Å²) in [6.45, 7) is 10.3. The summed E-state index contributed by atoms with van der Waals surface area (Å²) in [5, 5.41) is 0. The maximum atomic E-state index is 2.35. The Morgan fingerprint density at radius 1 is 1.00 bits per heavy atom. The Hall–Kier alpha value is -0.0800. The lowest BCUT2D eigenvalue weighted by atomic mass is 10.1. The van der Waals surface area contributed by atoms with Gasteiger partial charge in [-0.3, -0.25) is 0 Å². The number of likely N-dealkylation sites (tertiary alicyclic amines) is 1. The van der Waals surface area contributed by atoms with Crippen LogP contribution in [0.5, 0.6) is 0 Å². The van der Waals surface area contributed by atoms with E-state index in [1.54, 1.807) is 0 Å². The van der Waals surface area contributed by atoms with E-state index in [0.717, 1.165) is 0 Å². The molecule has 0 saturated carbocycles. The molecule has 0 radical (unpaired) electrons. The molecule has 1 aliphatic rings. The van der Waals surface area contributed by atoms with Crippen molar-refractivity contribution in [2.24, 2.45) is 0 Å². The Balaban J connectivity index is 0.00000121. The van der Waals surface area contributed by atoms with E-state index in [9.17, 15) is 0 Å². The topological polar surface area (TPSA) is 30.0 Å². The smallest absolute Gasteiger partial charge is 0.0786 e. The molecule has 0 bridgehead atoms. The van der Waals surface area contributed by atoms with Gasteiger partial charge in [-0.25, -0.2) is 0 Å². The van der Waals surface area contributed by atoms with E-state index in [1.165, 1.54) is 56.3 Å². The third-order valence-electron chi connectivity index (χ3n) is 3.13. The molecule has 2 nitrogen and oxygen atoms in total. The van der Waals surface area contributed by atoms with E-state index in [1.807, 2.05) is 0 Å². The lowest BCUT2D eigenvalue weighted by Crippen LogP contribution is -2.51. The van der Waals surface area contributed by atoms with Gasteiger partial charge in [-0.2, -0.15) is 0 Å². The molecule has 0 spiro atoms. The van der Waals surface area contributed by atoms with Crippen LogP contribution in [0.1, 0.15) is 39.5 Å². The van der Waals surface area contributed by atoms with E-state index in [-0.39, 0.29) is 5.48 Å². The van der Waals surface area contributed by atoms with E-state index in [4.69, 9.17) is 0 Å². The predicted molar refractivity (Wildman–Crippen MR) is 51.5 cm³/mol. The van der Waals surface area contributed by atoms with Crippen LogP contribution in [0, 0.1) is 0 Å². The first-order valence-electron chi connectivity index (χ1n) is 5.18. The molecule has 0 unspecified atom stereocenters. The molecule has 0 aromatic carbocycles. The minimum absolute atomic E-state index is 0. The first-order valence-corrected chi connectivity index (χ1v) is 5.18. The van der Waals surface area contributed by atoms with Crippen LogP contribution < -0.4 is 0 Å². The minimum atomic E-state index is 0. The van der Waals surface area contributed by atoms with E-state index in [0.29, 0.717) is 0 Å². The number of hydrogen-bond donors (Lipinski definition) is 0. The summed E-state index contributed by atoms with van der Waals surface area (Å²) >= 11 is 0. The van der Waals surface area contributed by atoms with Gasteiger partial charge in [-0.05, 0) is 32.6 Å². The number of piperidine rings is 1. The van der Waals surface area contributed by atoms with Crippen molar-refractivity contribution >= 4 is 0 Å². The van der Waals surface area contributed by atoms with Crippen molar-refractivity contribution in [1.29, 1.82) is 0 Å². The van der Waals surface area contributed by atoms with Crippen LogP contribution in [-0.2, 0) is 0 Å². The zero-order valence-electron chi connectivity index (χ0n) is 8.55. The molecular formula is C10H23NO. The lowest BCUT2D eigenvalue weighted by Gasteiger charge is -2.40. The Morgan fingerprint density at radius 2 is 1.58 bits per heavy atom. The van der Waals surface area contributed by atoms with E-state index in [2.05, 4.69) is 13.8 Å². The van der Waals surface area contributed by atoms with Gasteiger partial charge >= 0.3 is 0 Å². The second-order valence-electron chi connectivity index (χ2n) is 3.89. The molecule has 1 N–H and O–H groups in total. The fraction of sp³-hybridized carbons (Fsp3) is 1.00. The van der Waals surface area contributed by atoms with Crippen molar-refractivity contribution in [3.63, 3.8) is 0 Å². The van der Waals surface area contributed by atoms with Gasteiger partial charge < -0.3 is 9.96 Å². The summed E-state index contributed by atoms with van der Waals surface area (Å²) in [4.78, 5) is 0. The van der Waals surface area contributed by atoms with Gasteiger partial charge in [0.1, 0.15) is 0 Å². The molecule has 1 saturated heterocycles. The molecule has 12 heavy (non-hydrogen) atoms. The van der Waals surface area contributed by atoms with Crippen LogP contribution in [0.2, 0.25) is 0 Å². The van der Waals surface area contributed by atoms with Crippen LogP contribution in [0.15, 0.2) is 0 Å². The molecule has 1 aliphatic heterocycles. The molecule has 1 rings (SSSR count). The van der Waals surface area contributed by atoms with Gasteiger partial charge in [-0.15, -0.1) is 0 Å². The molecule has 0 aliphatic carbocycles. The maximum absolute atomic E-state index is 2.35. The summed E-state index contributed by atoms with van der Waals surface area (Å²) < 4.78 is 1.41. The van der Waals surface area contributed by atoms with Gasteiger partial charge in [0, 0.05) is 0 Å². The van der Waals surface area contributed by atoms with Crippen molar-refractivity contribution in [3.05, 3.63) is 0 Å². The van der Waals surface area contributed by atoms with Crippen LogP contribution in [0.4, 0.5) is 0 Å². The highest BCUT2D eigenvalue weighted by Gasteiger charge is 2.26. The highest BCUT2D eigenvalue weighted by molar-refractivity contribution is 4.52. The fourth-order valence-electron chi connectivity index (χ4n) is 2.36. The Labute approximate surface area is 76.5 Å². The first-order chi connectivity index (χ1) is 5.33. The molecule has 0 atom stereocenters. The number of hydrogen-bond acceptors (Lipinski definition) is 1. The van der Waals surface area contributed by atoms with Gasteiger partial charge in [0.25, 0.3) is 0 Å². The van der Waals surface area contributed by atoms with Crippen molar-refractivity contribution in [3.8, 4) is 0 Å². The molecule has 0 amide bonds. The quantitative estimate of drug-likeness (QED) is 0.602. The van der Waals surface area contributed by atoms with Crippen molar-refractivity contribution in [2.75, 3.05) is 26.2 Å². The zero-order valence-corrected chi connectivity index (χ0v) is 8.55. The molecule has 1 fully saturated rings. The zero-order chi connectivity index (χ0) is 8.16. The van der Waals surface area contributed by atoms with Crippen molar-refractivity contribution in [1.82, 2.24) is 0 Å². The molecule has 0 aromatic heterocycles. The second-order valence-corrected chi connectivity index (χ2v) is 3.89. The third-order valence-corrected chi connectivity index (χ3v) is 3.13. The highest BCUT2D eigenvalue weighted by atomic mass is 16.0. The predicted octanol–water partition coefficient (Wildman–Crippen LogP) is 2.24. The number of quaternary nitrogens is 1. The second kappa shape index (κ2) is 5.55. The number of rotatable bonds is 3. The summed E-state index contributed by atoms with van der Waals surface area (Å²) in [6, 6.07) is 0. The Bertz CT molecular complexity index is 103. The normalized spacial score (nSPS) is 21.5. The Morgan fingerprint density at radius 3 is 2.00 bits per heavy atom. The van der Waals surface area contributed by atoms with Crippen molar-refractivity contribution < 1.29 is 9.96 Å². The van der Waals surface area contributed by atoms with Crippen LogP contribution in [-0.4, -0.2) is 36.1 Å². The SMILES string of the molecule is CCC[N+]1(CC)CCCCC1.[OH-]. The monoisotopic (exact) mass is 173 g/mol. The van der Waals surface area contributed by atoms with Crippen LogP contribution in [0.25, 0.3) is 0 Å². The lowest BCUT2D eigenvalue weighted by molar-refractivity contribution is -0.930. The summed E-state index contributed by atoms with van der Waals surface area (Å²) in [7, 11) is 0.